The van der Waals surface area contributed by atoms with Gasteiger partial charge < -0.3 is 14.8 Å². The van der Waals surface area contributed by atoms with Crippen LogP contribution in [0.1, 0.15) is 28.6 Å². The molecule has 1 heterocycles. The van der Waals surface area contributed by atoms with Crippen molar-refractivity contribution in [2.45, 2.75) is 19.4 Å². The average Bonchev–Trinajstić information content (AvgIpc) is 2.94. The Morgan fingerprint density at radius 1 is 1.40 bits per heavy atom. The van der Waals surface area contributed by atoms with Gasteiger partial charge in [-0.25, -0.2) is 4.39 Å². The quantitative estimate of drug-likeness (QED) is 0.901. The lowest BCUT2D eigenvalue weighted by molar-refractivity contribution is 0.0329. The van der Waals surface area contributed by atoms with E-state index in [0.29, 0.717) is 11.3 Å². The molecule has 0 saturated carbocycles. The monoisotopic (exact) mass is 277 g/mol. The van der Waals surface area contributed by atoms with Gasteiger partial charge in [0.15, 0.2) is 0 Å². The normalized spacial score (nSPS) is 13.8. The Kier molecular flexibility index (Phi) is 3.90. The molecule has 0 aliphatic carbocycles. The van der Waals surface area contributed by atoms with Crippen molar-refractivity contribution in [1.82, 2.24) is 5.32 Å². The Hall–Kier alpha value is -2.14. The van der Waals surface area contributed by atoms with Crippen molar-refractivity contribution in [3.05, 3.63) is 59.3 Å². The average molecular weight is 277 g/mol. The van der Waals surface area contributed by atoms with Gasteiger partial charge in [-0.3, -0.25) is 4.79 Å². The Morgan fingerprint density at radius 3 is 2.80 bits per heavy atom. The minimum atomic E-state index is -1.35. The second-order valence-electron chi connectivity index (χ2n) is 4.87. The fourth-order valence-corrected chi connectivity index (χ4v) is 1.84. The molecule has 0 saturated heterocycles. The maximum atomic E-state index is 13.8. The highest BCUT2D eigenvalue weighted by Crippen LogP contribution is 2.20. The van der Waals surface area contributed by atoms with Crippen molar-refractivity contribution in [3.63, 3.8) is 0 Å². The SMILES string of the molecule is Cc1cccc(C(=O)NCC(C)(O)c2ccco2)c1F. The Labute approximate surface area is 116 Å². The number of amides is 1. The molecule has 0 aliphatic rings. The van der Waals surface area contributed by atoms with E-state index in [-0.39, 0.29) is 12.1 Å². The third-order valence-corrected chi connectivity index (χ3v) is 3.08. The maximum Gasteiger partial charge on any atom is 0.254 e. The van der Waals surface area contributed by atoms with Crippen LogP contribution in [-0.2, 0) is 5.60 Å². The van der Waals surface area contributed by atoms with E-state index >= 15 is 0 Å². The first-order valence-corrected chi connectivity index (χ1v) is 6.21. The molecule has 0 fully saturated rings. The number of aliphatic hydroxyl groups is 1. The number of hydrogen-bond donors (Lipinski definition) is 2. The van der Waals surface area contributed by atoms with Crippen LogP contribution in [0.25, 0.3) is 0 Å². The van der Waals surface area contributed by atoms with Gasteiger partial charge in [-0.1, -0.05) is 12.1 Å². The van der Waals surface area contributed by atoms with E-state index in [4.69, 9.17) is 4.42 Å². The molecule has 1 amide bonds. The van der Waals surface area contributed by atoms with Crippen LogP contribution >= 0.6 is 0 Å². The summed E-state index contributed by atoms with van der Waals surface area (Å²) < 4.78 is 18.9. The minimum Gasteiger partial charge on any atom is -0.466 e. The third-order valence-electron chi connectivity index (χ3n) is 3.08. The van der Waals surface area contributed by atoms with Gasteiger partial charge in [0, 0.05) is 0 Å². The van der Waals surface area contributed by atoms with Crippen molar-refractivity contribution in [3.8, 4) is 0 Å². The van der Waals surface area contributed by atoms with Gasteiger partial charge in [0.2, 0.25) is 0 Å². The predicted molar refractivity (Wildman–Crippen MR) is 71.7 cm³/mol. The number of hydrogen-bond acceptors (Lipinski definition) is 3. The largest absolute Gasteiger partial charge is 0.466 e. The van der Waals surface area contributed by atoms with Crippen LogP contribution in [0.3, 0.4) is 0 Å². The first-order chi connectivity index (χ1) is 9.42. The summed E-state index contributed by atoms with van der Waals surface area (Å²) in [7, 11) is 0. The number of rotatable bonds is 4. The molecule has 0 spiro atoms. The van der Waals surface area contributed by atoms with Crippen molar-refractivity contribution in [2.24, 2.45) is 0 Å². The summed E-state index contributed by atoms with van der Waals surface area (Å²) in [6.45, 7) is 3.02. The van der Waals surface area contributed by atoms with Crippen LogP contribution in [0, 0.1) is 12.7 Å². The number of benzene rings is 1. The molecule has 106 valence electrons. The summed E-state index contributed by atoms with van der Waals surface area (Å²) in [5.41, 5.74) is -0.991. The smallest absolute Gasteiger partial charge is 0.254 e. The van der Waals surface area contributed by atoms with Gasteiger partial charge >= 0.3 is 0 Å². The molecule has 0 aliphatic heterocycles. The molecule has 1 aromatic heterocycles. The Morgan fingerprint density at radius 2 is 2.15 bits per heavy atom. The summed E-state index contributed by atoms with van der Waals surface area (Å²) in [6.07, 6.45) is 1.44. The lowest BCUT2D eigenvalue weighted by atomic mass is 10.0. The first kappa shape index (κ1) is 14.3. The van der Waals surface area contributed by atoms with Gasteiger partial charge in [-0.2, -0.15) is 0 Å². The van der Waals surface area contributed by atoms with E-state index in [9.17, 15) is 14.3 Å². The standard InChI is InChI=1S/C15H16FNO3/c1-10-5-3-6-11(13(10)16)14(18)17-9-15(2,19)12-7-4-8-20-12/h3-8,19H,9H2,1-2H3,(H,17,18). The van der Waals surface area contributed by atoms with Gasteiger partial charge in [-0.15, -0.1) is 0 Å². The molecule has 5 heteroatoms. The number of aryl methyl sites for hydroxylation is 1. The van der Waals surface area contributed by atoms with E-state index in [2.05, 4.69) is 5.32 Å². The zero-order valence-corrected chi connectivity index (χ0v) is 11.3. The number of carbonyl (C=O) groups excluding carboxylic acids is 1. The summed E-state index contributed by atoms with van der Waals surface area (Å²) in [5.74, 6) is -0.789. The van der Waals surface area contributed by atoms with Gasteiger partial charge in [0.1, 0.15) is 17.2 Å². The molecule has 0 radical (unpaired) electrons. The summed E-state index contributed by atoms with van der Waals surface area (Å²) in [4.78, 5) is 11.9. The summed E-state index contributed by atoms with van der Waals surface area (Å²) in [6, 6.07) is 7.85. The highest BCUT2D eigenvalue weighted by molar-refractivity contribution is 5.94. The fourth-order valence-electron chi connectivity index (χ4n) is 1.84. The van der Waals surface area contributed by atoms with E-state index in [0.717, 1.165) is 0 Å². The first-order valence-electron chi connectivity index (χ1n) is 6.21. The predicted octanol–water partition coefficient (Wildman–Crippen LogP) is 2.36. The molecule has 1 unspecified atom stereocenters. The van der Waals surface area contributed by atoms with Gasteiger partial charge in [0.05, 0.1) is 18.4 Å². The zero-order valence-electron chi connectivity index (χ0n) is 11.3. The van der Waals surface area contributed by atoms with Gasteiger partial charge in [0.25, 0.3) is 5.91 Å². The zero-order chi connectivity index (χ0) is 14.8. The fraction of sp³-hybridized carbons (Fsp3) is 0.267. The van der Waals surface area contributed by atoms with Crippen LogP contribution in [0.2, 0.25) is 0 Å². The highest BCUT2D eigenvalue weighted by atomic mass is 19.1. The second kappa shape index (κ2) is 5.46. The number of carbonyl (C=O) groups is 1. The molecule has 0 bridgehead atoms. The molecule has 4 nitrogen and oxygen atoms in total. The molecule has 2 rings (SSSR count). The van der Waals surface area contributed by atoms with Gasteiger partial charge in [-0.05, 0) is 37.6 Å². The third kappa shape index (κ3) is 2.88. The molecule has 1 aromatic carbocycles. The maximum absolute atomic E-state index is 13.8. The molecule has 2 N–H and O–H groups in total. The number of nitrogens with one attached hydrogen (secondary N) is 1. The topological polar surface area (TPSA) is 62.5 Å². The van der Waals surface area contributed by atoms with Crippen molar-refractivity contribution in [1.29, 1.82) is 0 Å². The van der Waals surface area contributed by atoms with Crippen molar-refractivity contribution >= 4 is 5.91 Å². The van der Waals surface area contributed by atoms with E-state index in [1.807, 2.05) is 0 Å². The van der Waals surface area contributed by atoms with Crippen LogP contribution in [0.15, 0.2) is 41.0 Å². The van der Waals surface area contributed by atoms with Crippen molar-refractivity contribution in [2.75, 3.05) is 6.54 Å². The number of furan rings is 1. The lowest BCUT2D eigenvalue weighted by Gasteiger charge is -2.21. The highest BCUT2D eigenvalue weighted by Gasteiger charge is 2.27. The van der Waals surface area contributed by atoms with E-state index in [1.165, 1.54) is 19.3 Å². The second-order valence-corrected chi connectivity index (χ2v) is 4.87. The van der Waals surface area contributed by atoms with E-state index < -0.39 is 17.3 Å². The molecule has 2 aromatic rings. The molecule has 1 atom stereocenters. The van der Waals surface area contributed by atoms with Crippen LogP contribution < -0.4 is 5.32 Å². The minimum absolute atomic E-state index is 0.0414. The van der Waals surface area contributed by atoms with Crippen molar-refractivity contribution < 1.29 is 18.7 Å². The van der Waals surface area contributed by atoms with E-state index in [1.54, 1.807) is 31.2 Å². The molecular weight excluding hydrogens is 261 g/mol. The van der Waals surface area contributed by atoms with Crippen LogP contribution in [0.4, 0.5) is 4.39 Å². The number of halogens is 1. The summed E-state index contributed by atoms with van der Waals surface area (Å²) >= 11 is 0. The van der Waals surface area contributed by atoms with Crippen LogP contribution in [0.5, 0.6) is 0 Å². The lowest BCUT2D eigenvalue weighted by Crippen LogP contribution is -2.38. The Balaban J connectivity index is 2.08. The van der Waals surface area contributed by atoms with Crippen LogP contribution in [-0.4, -0.2) is 17.6 Å². The summed E-state index contributed by atoms with van der Waals surface area (Å²) in [5, 5.41) is 12.7. The molecular formula is C15H16FNO3. The Bertz CT molecular complexity index is 606. The molecule has 20 heavy (non-hydrogen) atoms.